The number of benzene rings is 1. The molecule has 14 heteroatoms. The van der Waals surface area contributed by atoms with E-state index in [0.29, 0.717) is 28.5 Å². The fourth-order valence-electron chi connectivity index (χ4n) is 4.67. The molecule has 0 spiro atoms. The Morgan fingerprint density at radius 1 is 1.05 bits per heavy atom. The maximum atomic E-state index is 15.2. The van der Waals surface area contributed by atoms with Crippen LogP contribution >= 0.6 is 0 Å². The van der Waals surface area contributed by atoms with E-state index in [1.807, 2.05) is 0 Å². The van der Waals surface area contributed by atoms with Crippen molar-refractivity contribution in [2.75, 3.05) is 7.11 Å². The van der Waals surface area contributed by atoms with Gasteiger partial charge in [0.25, 0.3) is 0 Å². The molecule has 1 saturated carbocycles. The molecule has 9 nitrogen and oxygen atoms in total. The Kier molecular flexibility index (Phi) is 6.19. The largest absolute Gasteiger partial charge is 0.480 e. The van der Waals surface area contributed by atoms with Crippen molar-refractivity contribution in [3.63, 3.8) is 0 Å². The number of alkyl halides is 3. The van der Waals surface area contributed by atoms with Crippen molar-refractivity contribution in [3.05, 3.63) is 71.3 Å². The highest BCUT2D eigenvalue weighted by Gasteiger charge is 2.36. The van der Waals surface area contributed by atoms with Gasteiger partial charge in [0, 0.05) is 36.8 Å². The molecule has 1 aromatic carbocycles. The van der Waals surface area contributed by atoms with Crippen molar-refractivity contribution in [3.8, 4) is 28.7 Å². The van der Waals surface area contributed by atoms with Crippen molar-refractivity contribution >= 4 is 5.65 Å². The summed E-state index contributed by atoms with van der Waals surface area (Å²) in [4.78, 5) is 20.9. The predicted molar refractivity (Wildman–Crippen MR) is 131 cm³/mol. The van der Waals surface area contributed by atoms with Crippen molar-refractivity contribution in [1.29, 1.82) is 0 Å². The lowest BCUT2D eigenvalue weighted by atomic mass is 10.0. The van der Waals surface area contributed by atoms with Crippen LogP contribution in [0.3, 0.4) is 0 Å². The third kappa shape index (κ3) is 4.52. The molecule has 40 heavy (non-hydrogen) atoms. The van der Waals surface area contributed by atoms with Crippen LogP contribution in [0.15, 0.2) is 37.2 Å². The van der Waals surface area contributed by atoms with Gasteiger partial charge in [0.05, 0.1) is 18.4 Å². The van der Waals surface area contributed by atoms with Gasteiger partial charge in [-0.3, -0.25) is 0 Å². The normalized spacial score (nSPS) is 13.8. The number of halogens is 5. The lowest BCUT2D eigenvalue weighted by Crippen LogP contribution is -2.05. The van der Waals surface area contributed by atoms with Crippen LogP contribution < -0.4 is 4.74 Å². The Morgan fingerprint density at radius 2 is 1.80 bits per heavy atom. The van der Waals surface area contributed by atoms with Crippen molar-refractivity contribution in [2.45, 2.75) is 44.8 Å². The highest BCUT2D eigenvalue weighted by atomic mass is 19.4. The lowest BCUT2D eigenvalue weighted by molar-refractivity contribution is -0.140. The summed E-state index contributed by atoms with van der Waals surface area (Å²) in [7, 11) is 1.49. The van der Waals surface area contributed by atoms with E-state index in [4.69, 9.17) is 4.74 Å². The second-order valence-corrected chi connectivity index (χ2v) is 9.38. The summed E-state index contributed by atoms with van der Waals surface area (Å²) in [6, 6.07) is 2.14. The molecule has 6 rings (SSSR count). The standard InChI is InChI=1S/C26H21F5N8O/c1-3-38-10-18(26(29,30)31)35-24(38)19-16(27)7-13(8-17(19)28)6-15-9-32-12-39-23(15)36-22(37-39)20-21(14-4-5-14)33-11-34-25(20)40-2/h7-12,14H,3-6H2,1-2H3. The molecule has 1 fully saturated rings. The first-order chi connectivity index (χ1) is 19.2. The third-order valence-corrected chi connectivity index (χ3v) is 6.68. The fraction of sp³-hybridized carbons (Fsp3) is 0.308. The molecule has 0 saturated heterocycles. The van der Waals surface area contributed by atoms with Crippen LogP contribution in [0.25, 0.3) is 28.4 Å². The number of hydrogen-bond acceptors (Lipinski definition) is 7. The van der Waals surface area contributed by atoms with Gasteiger partial charge >= 0.3 is 6.18 Å². The van der Waals surface area contributed by atoms with Crippen LogP contribution in [0, 0.1) is 11.6 Å². The summed E-state index contributed by atoms with van der Waals surface area (Å²) < 4.78 is 78.0. The Bertz CT molecular complexity index is 1720. The Balaban J connectivity index is 1.38. The molecule has 0 atom stereocenters. The maximum absolute atomic E-state index is 15.2. The Labute approximate surface area is 223 Å². The van der Waals surface area contributed by atoms with Gasteiger partial charge in [-0.05, 0) is 37.5 Å². The lowest BCUT2D eigenvalue weighted by Gasteiger charge is -2.10. The van der Waals surface area contributed by atoms with Crippen LogP contribution in [-0.2, 0) is 19.1 Å². The smallest absolute Gasteiger partial charge is 0.434 e. The monoisotopic (exact) mass is 556 g/mol. The molecule has 1 aliphatic carbocycles. The van der Waals surface area contributed by atoms with Crippen LogP contribution in [0.5, 0.6) is 5.88 Å². The van der Waals surface area contributed by atoms with E-state index < -0.39 is 34.9 Å². The molecule has 206 valence electrons. The second kappa shape index (κ2) is 9.61. The highest BCUT2D eigenvalue weighted by molar-refractivity contribution is 5.68. The van der Waals surface area contributed by atoms with Gasteiger partial charge in [-0.25, -0.2) is 38.2 Å². The van der Waals surface area contributed by atoms with Gasteiger partial charge < -0.3 is 9.30 Å². The number of ether oxygens (including phenoxy) is 1. The van der Waals surface area contributed by atoms with Crippen LogP contribution in [0.2, 0.25) is 0 Å². The van der Waals surface area contributed by atoms with E-state index in [1.54, 1.807) is 6.92 Å². The minimum absolute atomic E-state index is 0.0253. The van der Waals surface area contributed by atoms with Crippen molar-refractivity contribution in [2.24, 2.45) is 0 Å². The number of nitrogens with zero attached hydrogens (tertiary/aromatic N) is 8. The molecule has 0 radical (unpaired) electrons. The van der Waals surface area contributed by atoms with E-state index in [1.165, 1.54) is 30.5 Å². The zero-order chi connectivity index (χ0) is 28.2. The Morgan fingerprint density at radius 3 is 2.45 bits per heavy atom. The molecule has 1 aliphatic rings. The predicted octanol–water partition coefficient (Wildman–Crippen LogP) is 5.24. The summed E-state index contributed by atoms with van der Waals surface area (Å²) in [5, 5.41) is 4.53. The first kappa shape index (κ1) is 25.8. The van der Waals surface area contributed by atoms with Gasteiger partial charge in [-0.1, -0.05) is 0 Å². The molecule has 0 amide bonds. The molecule has 4 heterocycles. The number of aryl methyl sites for hydroxylation is 1. The number of aromatic nitrogens is 8. The summed E-state index contributed by atoms with van der Waals surface area (Å²) in [6.45, 7) is 1.60. The second-order valence-electron chi connectivity index (χ2n) is 9.38. The van der Waals surface area contributed by atoms with E-state index in [-0.39, 0.29) is 24.4 Å². The highest BCUT2D eigenvalue weighted by Crippen LogP contribution is 2.45. The van der Waals surface area contributed by atoms with Crippen molar-refractivity contribution < 1.29 is 26.7 Å². The van der Waals surface area contributed by atoms with Gasteiger partial charge in [0.1, 0.15) is 35.7 Å². The van der Waals surface area contributed by atoms with E-state index >= 15 is 8.78 Å². The molecular weight excluding hydrogens is 535 g/mol. The molecule has 0 N–H and O–H groups in total. The van der Waals surface area contributed by atoms with E-state index in [0.717, 1.165) is 41.4 Å². The third-order valence-electron chi connectivity index (χ3n) is 6.68. The first-order valence-electron chi connectivity index (χ1n) is 12.4. The first-order valence-corrected chi connectivity index (χ1v) is 12.4. The summed E-state index contributed by atoms with van der Waals surface area (Å²) in [5.41, 5.74) is 0.654. The van der Waals surface area contributed by atoms with Gasteiger partial charge in [0.2, 0.25) is 5.88 Å². The van der Waals surface area contributed by atoms with Crippen LogP contribution in [0.1, 0.15) is 48.2 Å². The molecular formula is C26H21F5N8O. The van der Waals surface area contributed by atoms with Crippen LogP contribution in [-0.4, -0.2) is 46.2 Å². The van der Waals surface area contributed by atoms with Gasteiger partial charge in [-0.15, -0.1) is 5.10 Å². The minimum Gasteiger partial charge on any atom is -0.480 e. The topological polar surface area (TPSA) is 95.9 Å². The van der Waals surface area contributed by atoms with Gasteiger partial charge in [0.15, 0.2) is 17.2 Å². The fourth-order valence-corrected chi connectivity index (χ4v) is 4.67. The van der Waals surface area contributed by atoms with Crippen molar-refractivity contribution in [1.82, 2.24) is 39.1 Å². The van der Waals surface area contributed by atoms with Crippen LogP contribution in [0.4, 0.5) is 22.0 Å². The average Bonchev–Trinajstić information content (AvgIpc) is 3.51. The zero-order valence-corrected chi connectivity index (χ0v) is 21.2. The Hall–Kier alpha value is -4.49. The summed E-state index contributed by atoms with van der Waals surface area (Å²) in [6.07, 6.45) is 2.37. The average molecular weight is 556 g/mol. The van der Waals surface area contributed by atoms with E-state index in [2.05, 4.69) is 30.0 Å². The summed E-state index contributed by atoms with van der Waals surface area (Å²) >= 11 is 0. The number of fused-ring (bicyclic) bond motifs is 1. The SMILES string of the molecule is CCn1cc(C(F)(F)F)nc1-c1c(F)cc(Cc2cncn3nc(-c4c(OC)ncnc4C4CC4)nc23)cc1F. The van der Waals surface area contributed by atoms with Gasteiger partial charge in [-0.2, -0.15) is 13.2 Å². The number of imidazole rings is 1. The number of hydrogen-bond donors (Lipinski definition) is 0. The quantitative estimate of drug-likeness (QED) is 0.253. The maximum Gasteiger partial charge on any atom is 0.434 e. The number of methoxy groups -OCH3 is 1. The molecule has 0 bridgehead atoms. The molecule has 0 aliphatic heterocycles. The van der Waals surface area contributed by atoms with E-state index in [9.17, 15) is 13.2 Å². The minimum atomic E-state index is -4.75. The molecule has 0 unspecified atom stereocenters. The molecule has 4 aromatic heterocycles. The summed E-state index contributed by atoms with van der Waals surface area (Å²) in [5.74, 6) is -1.59. The molecule has 5 aromatic rings. The zero-order valence-electron chi connectivity index (χ0n) is 21.2. The number of rotatable bonds is 7.